The molecule has 2 aromatic rings. The highest BCUT2D eigenvalue weighted by atomic mass is 32.1. The Bertz CT molecular complexity index is 680. The molecule has 19 heavy (non-hydrogen) atoms. The van der Waals surface area contributed by atoms with Gasteiger partial charge in [0.05, 0.1) is 22.1 Å². The van der Waals surface area contributed by atoms with E-state index in [4.69, 9.17) is 5.11 Å². The SMILES string of the molecule is Cc1ccc2nc(NC(=O)C3CC3C(=O)O)sc2c1. The van der Waals surface area contributed by atoms with Crippen molar-refractivity contribution in [1.82, 2.24) is 4.98 Å². The number of carbonyl (C=O) groups is 2. The van der Waals surface area contributed by atoms with Crippen LogP contribution in [0.15, 0.2) is 18.2 Å². The van der Waals surface area contributed by atoms with E-state index < -0.39 is 17.8 Å². The normalized spacial score (nSPS) is 21.3. The molecule has 2 unspecified atom stereocenters. The summed E-state index contributed by atoms with van der Waals surface area (Å²) in [5, 5.41) is 12.0. The standard InChI is InChI=1S/C13H12N2O3S/c1-6-2-3-9-10(4-6)19-13(14-9)15-11(16)7-5-8(7)12(17)18/h2-4,7-8H,5H2,1H3,(H,17,18)(H,14,15,16). The fraction of sp³-hybridized carbons (Fsp3) is 0.308. The Morgan fingerprint density at radius 1 is 1.42 bits per heavy atom. The lowest BCUT2D eigenvalue weighted by atomic mass is 10.2. The predicted molar refractivity (Wildman–Crippen MR) is 72.2 cm³/mol. The summed E-state index contributed by atoms with van der Waals surface area (Å²) in [6, 6.07) is 5.89. The number of hydrogen-bond acceptors (Lipinski definition) is 4. The number of carboxylic acid groups (broad SMARTS) is 1. The number of benzene rings is 1. The molecule has 1 aromatic heterocycles. The molecular formula is C13H12N2O3S. The molecule has 2 N–H and O–H groups in total. The number of thiazole rings is 1. The molecule has 1 fully saturated rings. The highest BCUT2D eigenvalue weighted by Crippen LogP contribution is 2.40. The third-order valence-electron chi connectivity index (χ3n) is 3.22. The number of carbonyl (C=O) groups excluding carboxylic acids is 1. The monoisotopic (exact) mass is 276 g/mol. The van der Waals surface area contributed by atoms with Gasteiger partial charge in [-0.2, -0.15) is 0 Å². The number of aromatic nitrogens is 1. The van der Waals surface area contributed by atoms with Gasteiger partial charge in [0.15, 0.2) is 5.13 Å². The van der Waals surface area contributed by atoms with Gasteiger partial charge in [0.2, 0.25) is 5.91 Å². The van der Waals surface area contributed by atoms with Crippen LogP contribution in [0.2, 0.25) is 0 Å². The van der Waals surface area contributed by atoms with Gasteiger partial charge in [0, 0.05) is 0 Å². The van der Waals surface area contributed by atoms with Crippen molar-refractivity contribution < 1.29 is 14.7 Å². The van der Waals surface area contributed by atoms with Gasteiger partial charge in [0.25, 0.3) is 0 Å². The van der Waals surface area contributed by atoms with E-state index in [2.05, 4.69) is 10.3 Å². The van der Waals surface area contributed by atoms with Crippen LogP contribution in [0, 0.1) is 18.8 Å². The van der Waals surface area contributed by atoms with Crippen molar-refractivity contribution >= 4 is 38.6 Å². The van der Waals surface area contributed by atoms with Crippen molar-refractivity contribution in [2.75, 3.05) is 5.32 Å². The predicted octanol–water partition coefficient (Wildman–Crippen LogP) is 2.26. The number of nitrogens with one attached hydrogen (secondary N) is 1. The first-order valence-corrected chi connectivity index (χ1v) is 6.77. The summed E-state index contributed by atoms with van der Waals surface area (Å²) in [7, 11) is 0. The summed E-state index contributed by atoms with van der Waals surface area (Å²) < 4.78 is 1.01. The van der Waals surface area contributed by atoms with E-state index in [0.717, 1.165) is 15.8 Å². The van der Waals surface area contributed by atoms with Crippen molar-refractivity contribution in [1.29, 1.82) is 0 Å². The molecule has 1 saturated carbocycles. The minimum absolute atomic E-state index is 0.247. The molecule has 3 rings (SSSR count). The molecule has 5 nitrogen and oxygen atoms in total. The summed E-state index contributed by atoms with van der Waals surface area (Å²) in [6.07, 6.45) is 0.422. The van der Waals surface area contributed by atoms with Crippen molar-refractivity contribution in [3.8, 4) is 0 Å². The number of anilines is 1. The number of aryl methyl sites for hydroxylation is 1. The molecule has 6 heteroatoms. The van der Waals surface area contributed by atoms with Crippen LogP contribution in [0.5, 0.6) is 0 Å². The van der Waals surface area contributed by atoms with E-state index in [0.29, 0.717) is 11.6 Å². The first kappa shape index (κ1) is 12.1. The van der Waals surface area contributed by atoms with E-state index in [1.807, 2.05) is 25.1 Å². The Balaban J connectivity index is 1.75. The summed E-state index contributed by atoms with van der Waals surface area (Å²) in [5.41, 5.74) is 1.98. The highest BCUT2D eigenvalue weighted by molar-refractivity contribution is 7.22. The third-order valence-corrected chi connectivity index (χ3v) is 4.15. The van der Waals surface area contributed by atoms with Gasteiger partial charge in [-0.05, 0) is 31.0 Å². The second kappa shape index (κ2) is 4.31. The quantitative estimate of drug-likeness (QED) is 0.901. The first-order chi connectivity index (χ1) is 9.04. The second-order valence-corrected chi connectivity index (χ2v) is 5.80. The van der Waals surface area contributed by atoms with Crippen LogP contribution in [0.25, 0.3) is 10.2 Å². The molecule has 0 radical (unpaired) electrons. The zero-order valence-electron chi connectivity index (χ0n) is 10.2. The first-order valence-electron chi connectivity index (χ1n) is 5.95. The molecule has 2 atom stereocenters. The number of aliphatic carboxylic acids is 1. The lowest BCUT2D eigenvalue weighted by molar-refractivity contribution is -0.139. The molecule has 0 bridgehead atoms. The van der Waals surface area contributed by atoms with Gasteiger partial charge in [-0.25, -0.2) is 4.98 Å². The lowest BCUT2D eigenvalue weighted by Gasteiger charge is -1.98. The smallest absolute Gasteiger partial charge is 0.307 e. The van der Waals surface area contributed by atoms with Crippen LogP contribution >= 0.6 is 11.3 Å². The number of nitrogens with zero attached hydrogens (tertiary/aromatic N) is 1. The average Bonchev–Trinajstić information content (AvgIpc) is 3.05. The number of amides is 1. The second-order valence-electron chi connectivity index (χ2n) is 4.77. The molecule has 1 aromatic carbocycles. The van der Waals surface area contributed by atoms with Gasteiger partial charge in [-0.15, -0.1) is 0 Å². The highest BCUT2D eigenvalue weighted by Gasteiger charge is 2.48. The minimum atomic E-state index is -0.903. The number of hydrogen-bond donors (Lipinski definition) is 2. The summed E-state index contributed by atoms with van der Waals surface area (Å²) in [6.45, 7) is 2.00. The summed E-state index contributed by atoms with van der Waals surface area (Å²) in [5.74, 6) is -2.09. The molecule has 1 aliphatic carbocycles. The van der Waals surface area contributed by atoms with Crippen LogP contribution in [0.1, 0.15) is 12.0 Å². The largest absolute Gasteiger partial charge is 0.481 e. The van der Waals surface area contributed by atoms with E-state index in [9.17, 15) is 9.59 Å². The Hall–Kier alpha value is -1.95. The molecule has 1 amide bonds. The van der Waals surface area contributed by atoms with Crippen LogP contribution < -0.4 is 5.32 Å². The zero-order chi connectivity index (χ0) is 13.6. The van der Waals surface area contributed by atoms with Crippen molar-refractivity contribution in [2.24, 2.45) is 11.8 Å². The van der Waals surface area contributed by atoms with Crippen molar-refractivity contribution in [2.45, 2.75) is 13.3 Å². The Morgan fingerprint density at radius 2 is 2.21 bits per heavy atom. The number of rotatable bonds is 3. The topological polar surface area (TPSA) is 79.3 Å². The molecule has 0 spiro atoms. The van der Waals surface area contributed by atoms with E-state index in [-0.39, 0.29) is 5.91 Å². The Kier molecular flexibility index (Phi) is 2.74. The maximum atomic E-state index is 11.8. The van der Waals surface area contributed by atoms with E-state index in [1.165, 1.54) is 11.3 Å². The van der Waals surface area contributed by atoms with Gasteiger partial charge in [0.1, 0.15) is 0 Å². The average molecular weight is 276 g/mol. The molecular weight excluding hydrogens is 264 g/mol. The van der Waals surface area contributed by atoms with Crippen LogP contribution in [-0.4, -0.2) is 22.0 Å². The zero-order valence-corrected chi connectivity index (χ0v) is 11.0. The fourth-order valence-corrected chi connectivity index (χ4v) is 3.01. The fourth-order valence-electron chi connectivity index (χ4n) is 2.04. The van der Waals surface area contributed by atoms with Crippen LogP contribution in [0.4, 0.5) is 5.13 Å². The Labute approximate surface area is 113 Å². The maximum absolute atomic E-state index is 11.8. The van der Waals surface area contributed by atoms with Crippen LogP contribution in [-0.2, 0) is 9.59 Å². The summed E-state index contributed by atoms with van der Waals surface area (Å²) in [4.78, 5) is 26.9. The molecule has 0 aliphatic heterocycles. The van der Waals surface area contributed by atoms with Crippen molar-refractivity contribution in [3.63, 3.8) is 0 Å². The minimum Gasteiger partial charge on any atom is -0.481 e. The Morgan fingerprint density at radius 3 is 2.89 bits per heavy atom. The van der Waals surface area contributed by atoms with Crippen molar-refractivity contribution in [3.05, 3.63) is 23.8 Å². The van der Waals surface area contributed by atoms with Gasteiger partial charge in [-0.1, -0.05) is 17.4 Å². The molecule has 0 saturated heterocycles. The van der Waals surface area contributed by atoms with Gasteiger partial charge in [-0.3, -0.25) is 9.59 Å². The van der Waals surface area contributed by atoms with Crippen LogP contribution in [0.3, 0.4) is 0 Å². The third kappa shape index (κ3) is 2.31. The maximum Gasteiger partial charge on any atom is 0.307 e. The van der Waals surface area contributed by atoms with E-state index >= 15 is 0 Å². The number of fused-ring (bicyclic) bond motifs is 1. The van der Waals surface area contributed by atoms with Gasteiger partial charge < -0.3 is 10.4 Å². The number of carboxylic acids is 1. The molecule has 1 aliphatic rings. The summed E-state index contributed by atoms with van der Waals surface area (Å²) >= 11 is 1.40. The lowest BCUT2D eigenvalue weighted by Crippen LogP contribution is -2.16. The van der Waals surface area contributed by atoms with E-state index in [1.54, 1.807) is 0 Å². The molecule has 1 heterocycles. The molecule has 98 valence electrons. The van der Waals surface area contributed by atoms with Gasteiger partial charge >= 0.3 is 5.97 Å².